The summed E-state index contributed by atoms with van der Waals surface area (Å²) in [5.41, 5.74) is 1.46. The maximum atomic E-state index is 12.8. The van der Waals surface area contributed by atoms with Crippen molar-refractivity contribution in [1.29, 1.82) is 0 Å². The minimum atomic E-state index is -3.91. The molecule has 8 heteroatoms. The van der Waals surface area contributed by atoms with Gasteiger partial charge in [0.25, 0.3) is 15.9 Å². The van der Waals surface area contributed by atoms with Gasteiger partial charge in [-0.05, 0) is 61.9 Å². The van der Waals surface area contributed by atoms with Crippen LogP contribution in [-0.4, -0.2) is 27.5 Å². The first-order valence-corrected chi connectivity index (χ1v) is 11.6. The van der Waals surface area contributed by atoms with Crippen LogP contribution in [0.15, 0.2) is 77.7 Å². The van der Waals surface area contributed by atoms with Crippen molar-refractivity contribution in [3.05, 3.63) is 83.9 Å². The summed E-state index contributed by atoms with van der Waals surface area (Å²) in [6.07, 6.45) is 0.0848. The lowest BCUT2D eigenvalue weighted by molar-refractivity contribution is 0.0950. The second-order valence-electron chi connectivity index (χ2n) is 7.33. The molecular formula is C24H26N2O5S. The third-order valence-corrected chi connectivity index (χ3v) is 5.87. The fourth-order valence-corrected chi connectivity index (χ4v) is 4.10. The number of nitrogens with one attached hydrogen (secondary N) is 2. The van der Waals surface area contributed by atoms with Crippen LogP contribution in [0.1, 0.15) is 29.8 Å². The van der Waals surface area contributed by atoms with E-state index in [0.717, 1.165) is 11.3 Å². The molecule has 0 spiro atoms. The Morgan fingerprint density at radius 3 is 2.38 bits per heavy atom. The molecule has 168 valence electrons. The number of para-hydroxylation sites is 2. The van der Waals surface area contributed by atoms with E-state index in [4.69, 9.17) is 9.47 Å². The quantitative estimate of drug-likeness (QED) is 0.505. The van der Waals surface area contributed by atoms with Crippen molar-refractivity contribution in [2.24, 2.45) is 0 Å². The van der Waals surface area contributed by atoms with Crippen molar-refractivity contribution in [2.45, 2.75) is 31.4 Å². The molecule has 0 radical (unpaired) electrons. The van der Waals surface area contributed by atoms with Crippen LogP contribution in [0.4, 0.5) is 5.69 Å². The van der Waals surface area contributed by atoms with Crippen LogP contribution in [0.2, 0.25) is 0 Å². The molecule has 0 atom stereocenters. The van der Waals surface area contributed by atoms with Gasteiger partial charge in [0.2, 0.25) is 0 Å². The molecule has 32 heavy (non-hydrogen) atoms. The number of hydrogen-bond donors (Lipinski definition) is 2. The van der Waals surface area contributed by atoms with Crippen LogP contribution in [0.25, 0.3) is 0 Å². The van der Waals surface area contributed by atoms with E-state index < -0.39 is 10.0 Å². The molecule has 0 saturated heterocycles. The monoisotopic (exact) mass is 454 g/mol. The number of hydrogen-bond acceptors (Lipinski definition) is 5. The summed E-state index contributed by atoms with van der Waals surface area (Å²) in [5.74, 6) is 0.784. The standard InChI is InChI=1S/C24H26N2O5S/c1-17(2)31-20-13-11-18(12-14-20)16-25-24(27)19-7-6-8-21(15-19)32(28,29)26-22-9-4-5-10-23(22)30-3/h4-15,17,26H,16H2,1-3H3,(H,25,27). The zero-order valence-corrected chi connectivity index (χ0v) is 19.0. The van der Waals surface area contributed by atoms with E-state index in [-0.39, 0.29) is 22.5 Å². The maximum Gasteiger partial charge on any atom is 0.262 e. The minimum Gasteiger partial charge on any atom is -0.495 e. The molecule has 3 aromatic carbocycles. The van der Waals surface area contributed by atoms with Crippen molar-refractivity contribution in [3.8, 4) is 11.5 Å². The number of amides is 1. The van der Waals surface area contributed by atoms with Crippen molar-refractivity contribution in [2.75, 3.05) is 11.8 Å². The third kappa shape index (κ3) is 6.01. The number of rotatable bonds is 9. The Balaban J connectivity index is 1.69. The normalized spacial score (nSPS) is 11.1. The van der Waals surface area contributed by atoms with Crippen LogP contribution < -0.4 is 19.5 Å². The summed E-state index contributed by atoms with van der Waals surface area (Å²) in [6.45, 7) is 4.21. The van der Waals surface area contributed by atoms with E-state index in [1.807, 2.05) is 38.1 Å². The molecule has 0 aromatic heterocycles. The Morgan fingerprint density at radius 1 is 0.969 bits per heavy atom. The highest BCUT2D eigenvalue weighted by molar-refractivity contribution is 7.92. The fourth-order valence-electron chi connectivity index (χ4n) is 2.98. The summed E-state index contributed by atoms with van der Waals surface area (Å²) in [6, 6.07) is 20.0. The molecule has 0 heterocycles. The highest BCUT2D eigenvalue weighted by atomic mass is 32.2. The minimum absolute atomic E-state index is 0.0220. The number of carbonyl (C=O) groups is 1. The van der Waals surface area contributed by atoms with Gasteiger partial charge in [-0.15, -0.1) is 0 Å². The van der Waals surface area contributed by atoms with Gasteiger partial charge in [-0.25, -0.2) is 8.42 Å². The van der Waals surface area contributed by atoms with E-state index in [9.17, 15) is 13.2 Å². The largest absolute Gasteiger partial charge is 0.495 e. The van der Waals surface area contributed by atoms with Crippen LogP contribution in [0.3, 0.4) is 0 Å². The lowest BCUT2D eigenvalue weighted by atomic mass is 10.2. The van der Waals surface area contributed by atoms with E-state index in [0.29, 0.717) is 18.0 Å². The summed E-state index contributed by atoms with van der Waals surface area (Å²) in [7, 11) is -2.45. The molecule has 1 amide bonds. The number of sulfonamides is 1. The number of ether oxygens (including phenoxy) is 2. The lowest BCUT2D eigenvalue weighted by Gasteiger charge is -2.12. The summed E-state index contributed by atoms with van der Waals surface area (Å²) in [4.78, 5) is 12.6. The maximum absolute atomic E-state index is 12.8. The first-order valence-electron chi connectivity index (χ1n) is 10.1. The molecule has 2 N–H and O–H groups in total. The SMILES string of the molecule is COc1ccccc1NS(=O)(=O)c1cccc(C(=O)NCc2ccc(OC(C)C)cc2)c1. The van der Waals surface area contributed by atoms with Gasteiger partial charge < -0.3 is 14.8 Å². The van der Waals surface area contributed by atoms with Gasteiger partial charge in [0.05, 0.1) is 23.8 Å². The van der Waals surface area contributed by atoms with Crippen molar-refractivity contribution in [3.63, 3.8) is 0 Å². The van der Waals surface area contributed by atoms with E-state index in [2.05, 4.69) is 10.0 Å². The Bertz CT molecular complexity index is 1180. The van der Waals surface area contributed by atoms with Gasteiger partial charge in [0.15, 0.2) is 0 Å². The van der Waals surface area contributed by atoms with Gasteiger partial charge in [0.1, 0.15) is 11.5 Å². The number of methoxy groups -OCH3 is 1. The average Bonchev–Trinajstić information content (AvgIpc) is 2.78. The predicted molar refractivity (Wildman–Crippen MR) is 124 cm³/mol. The van der Waals surface area contributed by atoms with Gasteiger partial charge in [-0.2, -0.15) is 0 Å². The molecule has 3 aromatic rings. The zero-order valence-electron chi connectivity index (χ0n) is 18.2. The van der Waals surface area contributed by atoms with Gasteiger partial charge >= 0.3 is 0 Å². The molecule has 0 aliphatic carbocycles. The number of anilines is 1. The molecule has 0 aliphatic heterocycles. The molecule has 0 saturated carbocycles. The van der Waals surface area contributed by atoms with Crippen molar-refractivity contribution >= 4 is 21.6 Å². The second-order valence-corrected chi connectivity index (χ2v) is 9.01. The van der Waals surface area contributed by atoms with Crippen LogP contribution >= 0.6 is 0 Å². The Labute approximate surface area is 188 Å². The predicted octanol–water partition coefficient (Wildman–Crippen LogP) is 4.21. The van der Waals surface area contributed by atoms with Crippen LogP contribution in [0.5, 0.6) is 11.5 Å². The van der Waals surface area contributed by atoms with Crippen LogP contribution in [0, 0.1) is 0 Å². The molecule has 7 nitrogen and oxygen atoms in total. The molecule has 0 unspecified atom stereocenters. The molecule has 0 aliphatic rings. The fraction of sp³-hybridized carbons (Fsp3) is 0.208. The van der Waals surface area contributed by atoms with Gasteiger partial charge in [-0.3, -0.25) is 9.52 Å². The second kappa shape index (κ2) is 10.2. The Hall–Kier alpha value is -3.52. The van der Waals surface area contributed by atoms with E-state index in [1.165, 1.54) is 25.3 Å². The lowest BCUT2D eigenvalue weighted by Crippen LogP contribution is -2.23. The molecular weight excluding hydrogens is 428 g/mol. The van der Waals surface area contributed by atoms with Crippen LogP contribution in [-0.2, 0) is 16.6 Å². The number of benzene rings is 3. The topological polar surface area (TPSA) is 93.7 Å². The molecule has 0 bridgehead atoms. The summed E-state index contributed by atoms with van der Waals surface area (Å²) < 4.78 is 38.9. The zero-order chi connectivity index (χ0) is 23.1. The van der Waals surface area contributed by atoms with E-state index in [1.54, 1.807) is 30.3 Å². The molecule has 0 fully saturated rings. The number of carbonyl (C=O) groups excluding carboxylic acids is 1. The highest BCUT2D eigenvalue weighted by Crippen LogP contribution is 2.26. The van der Waals surface area contributed by atoms with Gasteiger partial charge in [0, 0.05) is 12.1 Å². The van der Waals surface area contributed by atoms with Crippen molar-refractivity contribution in [1.82, 2.24) is 5.32 Å². The van der Waals surface area contributed by atoms with Crippen molar-refractivity contribution < 1.29 is 22.7 Å². The first-order chi connectivity index (χ1) is 15.3. The highest BCUT2D eigenvalue weighted by Gasteiger charge is 2.18. The third-order valence-electron chi connectivity index (χ3n) is 4.51. The average molecular weight is 455 g/mol. The Kier molecular flexibility index (Phi) is 7.37. The summed E-state index contributed by atoms with van der Waals surface area (Å²) in [5, 5.41) is 2.81. The van der Waals surface area contributed by atoms with E-state index >= 15 is 0 Å². The Morgan fingerprint density at radius 2 is 1.69 bits per heavy atom. The summed E-state index contributed by atoms with van der Waals surface area (Å²) >= 11 is 0. The van der Waals surface area contributed by atoms with Gasteiger partial charge in [-0.1, -0.05) is 30.3 Å². The first kappa shape index (κ1) is 23.1. The smallest absolute Gasteiger partial charge is 0.262 e. The molecule has 3 rings (SSSR count).